The molecule has 0 saturated carbocycles. The van der Waals surface area contributed by atoms with Gasteiger partial charge < -0.3 is 10.1 Å². The molecular weight excluding hydrogens is 394 g/mol. The van der Waals surface area contributed by atoms with E-state index < -0.39 is 12.0 Å². The third-order valence-electron chi connectivity index (χ3n) is 4.77. The van der Waals surface area contributed by atoms with Crippen LogP contribution in [0.15, 0.2) is 60.7 Å². The van der Waals surface area contributed by atoms with Gasteiger partial charge in [0.1, 0.15) is 6.61 Å². The molecule has 1 atom stereocenters. The summed E-state index contributed by atoms with van der Waals surface area (Å²) in [6.07, 6.45) is 3.06. The van der Waals surface area contributed by atoms with E-state index in [1.165, 1.54) is 0 Å². The minimum atomic E-state index is -0.578. The van der Waals surface area contributed by atoms with E-state index in [0.29, 0.717) is 6.42 Å². The summed E-state index contributed by atoms with van der Waals surface area (Å²) in [5.74, 6) is -1.10. The number of carbonyl (C=O) groups excluding carboxylic acids is 3. The van der Waals surface area contributed by atoms with Crippen molar-refractivity contribution in [2.24, 2.45) is 5.92 Å². The molecule has 0 aromatic heterocycles. The highest BCUT2D eigenvalue weighted by Crippen LogP contribution is 2.10. The average molecular weight is 426 g/mol. The van der Waals surface area contributed by atoms with Crippen molar-refractivity contribution in [2.75, 3.05) is 6.54 Å². The quantitative estimate of drug-likeness (QED) is 0.379. The van der Waals surface area contributed by atoms with Gasteiger partial charge in [0.05, 0.1) is 12.3 Å². The van der Waals surface area contributed by atoms with Crippen molar-refractivity contribution in [3.05, 3.63) is 71.8 Å². The minimum Gasteiger partial charge on any atom is -0.445 e. The topological polar surface area (TPSA) is 96.5 Å². The Morgan fingerprint density at radius 2 is 1.52 bits per heavy atom. The Balaban J connectivity index is 1.78. The number of ether oxygens (including phenoxy) is 1. The van der Waals surface area contributed by atoms with Crippen LogP contribution in [0, 0.1) is 5.92 Å². The summed E-state index contributed by atoms with van der Waals surface area (Å²) in [6, 6.07) is 18.6. The molecule has 7 heteroatoms. The van der Waals surface area contributed by atoms with Gasteiger partial charge in [0.2, 0.25) is 11.8 Å². The van der Waals surface area contributed by atoms with Crippen LogP contribution in [0.2, 0.25) is 0 Å². The molecule has 0 aliphatic heterocycles. The van der Waals surface area contributed by atoms with Gasteiger partial charge >= 0.3 is 6.09 Å². The van der Waals surface area contributed by atoms with Gasteiger partial charge in [0.15, 0.2) is 0 Å². The van der Waals surface area contributed by atoms with Crippen molar-refractivity contribution >= 4 is 17.9 Å². The van der Waals surface area contributed by atoms with Crippen LogP contribution in [0.5, 0.6) is 0 Å². The molecule has 0 aliphatic rings. The molecule has 0 fully saturated rings. The molecule has 0 spiro atoms. The Morgan fingerprint density at radius 3 is 2.16 bits per heavy atom. The molecule has 166 valence electrons. The second kappa shape index (κ2) is 13.8. The highest BCUT2D eigenvalue weighted by Gasteiger charge is 2.20. The van der Waals surface area contributed by atoms with Crippen LogP contribution < -0.4 is 16.2 Å². The van der Waals surface area contributed by atoms with Gasteiger partial charge in [-0.15, -0.1) is 0 Å². The van der Waals surface area contributed by atoms with Crippen molar-refractivity contribution in [1.82, 2.24) is 16.2 Å². The van der Waals surface area contributed by atoms with E-state index in [1.54, 1.807) is 0 Å². The maximum Gasteiger partial charge on any atom is 0.407 e. The fourth-order valence-electron chi connectivity index (χ4n) is 3.01. The lowest BCUT2D eigenvalue weighted by Gasteiger charge is -2.18. The Bertz CT molecular complexity index is 812. The third-order valence-corrected chi connectivity index (χ3v) is 4.77. The molecule has 0 heterocycles. The van der Waals surface area contributed by atoms with Gasteiger partial charge in [-0.1, -0.05) is 86.8 Å². The van der Waals surface area contributed by atoms with E-state index in [1.807, 2.05) is 60.7 Å². The molecule has 7 nitrogen and oxygen atoms in total. The molecular formula is C24H31N3O4. The van der Waals surface area contributed by atoms with E-state index in [0.717, 1.165) is 30.4 Å². The second-order valence-corrected chi connectivity index (χ2v) is 7.34. The second-order valence-electron chi connectivity index (χ2n) is 7.34. The molecule has 0 unspecified atom stereocenters. The number of amides is 3. The Labute approximate surface area is 183 Å². The fraction of sp³-hybridized carbons (Fsp3) is 0.375. The van der Waals surface area contributed by atoms with Crippen molar-refractivity contribution < 1.29 is 19.1 Å². The van der Waals surface area contributed by atoms with Gasteiger partial charge in [-0.3, -0.25) is 20.4 Å². The molecule has 0 aliphatic carbocycles. The van der Waals surface area contributed by atoms with E-state index >= 15 is 0 Å². The molecule has 31 heavy (non-hydrogen) atoms. The van der Waals surface area contributed by atoms with Crippen molar-refractivity contribution in [3.8, 4) is 0 Å². The van der Waals surface area contributed by atoms with Crippen LogP contribution in [-0.2, 0) is 27.4 Å². The zero-order chi connectivity index (χ0) is 22.3. The van der Waals surface area contributed by atoms with E-state index in [4.69, 9.17) is 4.74 Å². The van der Waals surface area contributed by atoms with Crippen molar-refractivity contribution in [1.29, 1.82) is 0 Å². The van der Waals surface area contributed by atoms with Crippen molar-refractivity contribution in [2.45, 2.75) is 45.6 Å². The smallest absolute Gasteiger partial charge is 0.407 e. The van der Waals surface area contributed by atoms with Crippen LogP contribution in [0.3, 0.4) is 0 Å². The lowest BCUT2D eigenvalue weighted by atomic mass is 10.0. The first-order chi connectivity index (χ1) is 15.1. The van der Waals surface area contributed by atoms with Gasteiger partial charge in [-0.25, -0.2) is 4.79 Å². The number of hydrazine groups is 1. The van der Waals surface area contributed by atoms with Crippen LogP contribution in [-0.4, -0.2) is 24.5 Å². The number of benzene rings is 2. The molecule has 0 radical (unpaired) electrons. The lowest BCUT2D eigenvalue weighted by molar-refractivity contribution is -0.131. The Hall–Kier alpha value is -3.35. The zero-order valence-electron chi connectivity index (χ0n) is 17.9. The van der Waals surface area contributed by atoms with Gasteiger partial charge in [0, 0.05) is 6.54 Å². The zero-order valence-corrected chi connectivity index (χ0v) is 17.9. The first-order valence-corrected chi connectivity index (χ1v) is 10.7. The predicted octanol–water partition coefficient (Wildman–Crippen LogP) is 3.50. The van der Waals surface area contributed by atoms with E-state index in [2.05, 4.69) is 23.1 Å². The maximum absolute atomic E-state index is 12.6. The minimum absolute atomic E-state index is 0.137. The average Bonchev–Trinajstić information content (AvgIpc) is 2.79. The predicted molar refractivity (Wildman–Crippen MR) is 119 cm³/mol. The Kier molecular flexibility index (Phi) is 10.6. The maximum atomic E-state index is 12.6. The summed E-state index contributed by atoms with van der Waals surface area (Å²) in [6.45, 7) is 2.38. The SMILES string of the molecule is CCCCC[C@H](CNC(=O)OCc1ccccc1)C(=O)NNC(=O)Cc1ccccc1. The number of alkyl carbamates (subject to hydrolysis) is 1. The van der Waals surface area contributed by atoms with Gasteiger partial charge in [-0.05, 0) is 17.5 Å². The number of nitrogens with one attached hydrogen (secondary N) is 3. The summed E-state index contributed by atoms with van der Waals surface area (Å²) in [5.41, 5.74) is 6.68. The molecule has 0 bridgehead atoms. The first-order valence-electron chi connectivity index (χ1n) is 10.7. The number of carbonyl (C=O) groups is 3. The van der Waals surface area contributed by atoms with E-state index in [9.17, 15) is 14.4 Å². The number of unbranched alkanes of at least 4 members (excludes halogenated alkanes) is 2. The highest BCUT2D eigenvalue weighted by atomic mass is 16.5. The van der Waals surface area contributed by atoms with Crippen LogP contribution in [0.25, 0.3) is 0 Å². The summed E-state index contributed by atoms with van der Waals surface area (Å²) in [7, 11) is 0. The monoisotopic (exact) mass is 425 g/mol. The summed E-state index contributed by atoms with van der Waals surface area (Å²) in [4.78, 5) is 36.6. The summed E-state index contributed by atoms with van der Waals surface area (Å²) in [5, 5.41) is 2.65. The standard InChI is InChI=1S/C24H31N3O4/c1-2-3-6-15-21(17-25-24(30)31-18-20-13-9-5-10-14-20)23(29)27-26-22(28)16-19-11-7-4-8-12-19/h4-5,7-14,21H,2-3,6,15-18H2,1H3,(H,25,30)(H,26,28)(H,27,29)/t21-/m1/s1. The molecule has 2 aromatic carbocycles. The molecule has 3 amide bonds. The summed E-state index contributed by atoms with van der Waals surface area (Å²) >= 11 is 0. The normalized spacial score (nSPS) is 11.3. The van der Waals surface area contributed by atoms with Crippen LogP contribution in [0.1, 0.15) is 43.7 Å². The van der Waals surface area contributed by atoms with Gasteiger partial charge in [0.25, 0.3) is 0 Å². The Morgan fingerprint density at radius 1 is 0.871 bits per heavy atom. The van der Waals surface area contributed by atoms with Gasteiger partial charge in [-0.2, -0.15) is 0 Å². The van der Waals surface area contributed by atoms with E-state index in [-0.39, 0.29) is 31.4 Å². The fourth-order valence-corrected chi connectivity index (χ4v) is 3.01. The first kappa shape index (κ1) is 23.9. The third kappa shape index (κ3) is 9.80. The molecule has 3 N–H and O–H groups in total. The molecule has 0 saturated heterocycles. The number of hydrogen-bond acceptors (Lipinski definition) is 4. The van der Waals surface area contributed by atoms with Crippen LogP contribution >= 0.6 is 0 Å². The highest BCUT2D eigenvalue weighted by molar-refractivity contribution is 5.84. The largest absolute Gasteiger partial charge is 0.445 e. The molecule has 2 rings (SSSR count). The van der Waals surface area contributed by atoms with Crippen LogP contribution in [0.4, 0.5) is 4.79 Å². The summed E-state index contributed by atoms with van der Waals surface area (Å²) < 4.78 is 5.20. The molecule has 2 aromatic rings. The number of rotatable bonds is 11. The lowest BCUT2D eigenvalue weighted by Crippen LogP contribution is -2.47. The van der Waals surface area contributed by atoms with Crippen molar-refractivity contribution in [3.63, 3.8) is 0 Å². The number of hydrogen-bond donors (Lipinski definition) is 3.